The van der Waals surface area contributed by atoms with Crippen molar-refractivity contribution in [3.05, 3.63) is 25.3 Å². The van der Waals surface area contributed by atoms with Gasteiger partial charge < -0.3 is 15.4 Å². The van der Waals surface area contributed by atoms with E-state index in [-0.39, 0.29) is 11.8 Å². The molecule has 1 saturated heterocycles. The first-order chi connectivity index (χ1) is 8.20. The van der Waals surface area contributed by atoms with Crippen LogP contribution in [-0.4, -0.2) is 43.2 Å². The van der Waals surface area contributed by atoms with Crippen molar-refractivity contribution in [2.75, 3.05) is 26.3 Å². The van der Waals surface area contributed by atoms with Crippen molar-refractivity contribution in [2.45, 2.75) is 18.9 Å². The summed E-state index contributed by atoms with van der Waals surface area (Å²) in [4.78, 5) is 13.9. The maximum atomic E-state index is 12.2. The second-order valence-electron chi connectivity index (χ2n) is 4.30. The highest BCUT2D eigenvalue weighted by Gasteiger charge is 2.29. The highest BCUT2D eigenvalue weighted by molar-refractivity contribution is 5.82. The van der Waals surface area contributed by atoms with Crippen molar-refractivity contribution in [1.82, 2.24) is 4.90 Å². The van der Waals surface area contributed by atoms with Crippen LogP contribution in [0.2, 0.25) is 0 Å². The summed E-state index contributed by atoms with van der Waals surface area (Å²) in [5, 5.41) is 0. The molecule has 0 saturated carbocycles. The molecule has 1 amide bonds. The minimum absolute atomic E-state index is 0.0169. The predicted octanol–water partition coefficient (Wildman–Crippen LogP) is 0.941. The van der Waals surface area contributed by atoms with Gasteiger partial charge in [0.2, 0.25) is 5.91 Å². The van der Waals surface area contributed by atoms with Crippen LogP contribution in [0.15, 0.2) is 25.3 Å². The Bertz CT molecular complexity index is 263. The lowest BCUT2D eigenvalue weighted by Crippen LogP contribution is -2.49. The van der Waals surface area contributed by atoms with Gasteiger partial charge in [0, 0.05) is 26.3 Å². The molecule has 0 spiro atoms. The van der Waals surface area contributed by atoms with Crippen LogP contribution >= 0.6 is 0 Å². The van der Waals surface area contributed by atoms with Crippen LogP contribution in [0.3, 0.4) is 0 Å². The summed E-state index contributed by atoms with van der Waals surface area (Å²) in [6, 6.07) is -0.432. The van der Waals surface area contributed by atoms with Crippen LogP contribution < -0.4 is 5.73 Å². The molecule has 0 bridgehead atoms. The smallest absolute Gasteiger partial charge is 0.240 e. The van der Waals surface area contributed by atoms with Gasteiger partial charge in [0.05, 0.1) is 6.04 Å². The molecule has 1 heterocycles. The van der Waals surface area contributed by atoms with Gasteiger partial charge in [-0.1, -0.05) is 12.2 Å². The molecule has 1 atom stereocenters. The van der Waals surface area contributed by atoms with E-state index in [4.69, 9.17) is 10.5 Å². The van der Waals surface area contributed by atoms with Gasteiger partial charge >= 0.3 is 0 Å². The van der Waals surface area contributed by atoms with Crippen LogP contribution in [0.25, 0.3) is 0 Å². The Labute approximate surface area is 103 Å². The summed E-state index contributed by atoms with van der Waals surface area (Å²) >= 11 is 0. The fourth-order valence-corrected chi connectivity index (χ4v) is 2.05. The Hall–Kier alpha value is -1.13. The third-order valence-electron chi connectivity index (χ3n) is 3.07. The number of nitrogens with two attached hydrogens (primary N) is 1. The highest BCUT2D eigenvalue weighted by Crippen LogP contribution is 2.18. The van der Waals surface area contributed by atoms with Crippen LogP contribution in [0.4, 0.5) is 0 Å². The first-order valence-electron chi connectivity index (χ1n) is 6.04. The third-order valence-corrected chi connectivity index (χ3v) is 3.07. The maximum absolute atomic E-state index is 12.2. The molecule has 1 aliphatic heterocycles. The number of carbonyl (C=O) groups excluding carboxylic acids is 1. The zero-order valence-corrected chi connectivity index (χ0v) is 10.3. The second-order valence-corrected chi connectivity index (χ2v) is 4.30. The zero-order chi connectivity index (χ0) is 12.7. The Morgan fingerprint density at radius 3 is 2.35 bits per heavy atom. The molecule has 0 aromatic heterocycles. The monoisotopic (exact) mass is 238 g/mol. The number of carbonyl (C=O) groups is 1. The molecule has 0 aliphatic carbocycles. The number of rotatable bonds is 6. The van der Waals surface area contributed by atoms with Crippen molar-refractivity contribution in [3.8, 4) is 0 Å². The van der Waals surface area contributed by atoms with E-state index in [1.54, 1.807) is 17.1 Å². The lowest BCUT2D eigenvalue weighted by molar-refractivity contribution is -0.133. The molecule has 1 fully saturated rings. The average molecular weight is 238 g/mol. The molecule has 96 valence electrons. The quantitative estimate of drug-likeness (QED) is 0.701. The van der Waals surface area contributed by atoms with E-state index in [9.17, 15) is 4.79 Å². The Morgan fingerprint density at radius 1 is 1.35 bits per heavy atom. The molecule has 1 unspecified atom stereocenters. The molecular formula is C13H22N2O2. The predicted molar refractivity (Wildman–Crippen MR) is 68.5 cm³/mol. The van der Waals surface area contributed by atoms with Crippen molar-refractivity contribution < 1.29 is 9.53 Å². The molecular weight excluding hydrogens is 216 g/mol. The van der Waals surface area contributed by atoms with Gasteiger partial charge in [-0.15, -0.1) is 13.2 Å². The summed E-state index contributed by atoms with van der Waals surface area (Å²) < 4.78 is 5.27. The SMILES string of the molecule is C=CCN(CC=C)C(=O)C(N)C1CCOCC1. The normalized spacial score (nSPS) is 18.4. The van der Waals surface area contributed by atoms with Crippen molar-refractivity contribution in [1.29, 1.82) is 0 Å². The Kier molecular flexibility index (Phi) is 5.94. The summed E-state index contributed by atoms with van der Waals surface area (Å²) in [6.07, 6.45) is 5.14. The van der Waals surface area contributed by atoms with Crippen LogP contribution in [0.5, 0.6) is 0 Å². The van der Waals surface area contributed by atoms with E-state index in [0.29, 0.717) is 26.3 Å². The number of hydrogen-bond acceptors (Lipinski definition) is 3. The first-order valence-corrected chi connectivity index (χ1v) is 6.04. The minimum atomic E-state index is -0.432. The van der Waals surface area contributed by atoms with Gasteiger partial charge in [-0.05, 0) is 18.8 Å². The fraction of sp³-hybridized carbons (Fsp3) is 0.615. The van der Waals surface area contributed by atoms with Crippen molar-refractivity contribution in [2.24, 2.45) is 11.7 Å². The van der Waals surface area contributed by atoms with Gasteiger partial charge in [0.25, 0.3) is 0 Å². The average Bonchev–Trinajstić information content (AvgIpc) is 2.38. The van der Waals surface area contributed by atoms with Crippen LogP contribution in [0.1, 0.15) is 12.8 Å². The molecule has 2 N–H and O–H groups in total. The fourth-order valence-electron chi connectivity index (χ4n) is 2.05. The van der Waals surface area contributed by atoms with Crippen LogP contribution in [-0.2, 0) is 9.53 Å². The number of nitrogens with zero attached hydrogens (tertiary/aromatic N) is 1. The van der Waals surface area contributed by atoms with Gasteiger partial charge in [-0.3, -0.25) is 4.79 Å². The number of hydrogen-bond donors (Lipinski definition) is 1. The van der Waals surface area contributed by atoms with E-state index in [0.717, 1.165) is 12.8 Å². The largest absolute Gasteiger partial charge is 0.381 e. The summed E-state index contributed by atoms with van der Waals surface area (Å²) in [6.45, 7) is 9.73. The topological polar surface area (TPSA) is 55.6 Å². The van der Waals surface area contributed by atoms with Crippen molar-refractivity contribution in [3.63, 3.8) is 0 Å². The molecule has 0 aromatic carbocycles. The molecule has 4 nitrogen and oxygen atoms in total. The molecule has 0 aromatic rings. The Balaban J connectivity index is 2.57. The van der Waals surface area contributed by atoms with Gasteiger partial charge in [0.15, 0.2) is 0 Å². The second kappa shape index (κ2) is 7.25. The lowest BCUT2D eigenvalue weighted by atomic mass is 9.91. The van der Waals surface area contributed by atoms with Crippen LogP contribution in [0, 0.1) is 5.92 Å². The van der Waals surface area contributed by atoms with Crippen molar-refractivity contribution >= 4 is 5.91 Å². The minimum Gasteiger partial charge on any atom is -0.381 e. The molecule has 4 heteroatoms. The summed E-state index contributed by atoms with van der Waals surface area (Å²) in [5.41, 5.74) is 6.04. The van der Waals surface area contributed by atoms with Gasteiger partial charge in [0.1, 0.15) is 0 Å². The summed E-state index contributed by atoms with van der Waals surface area (Å²) in [5.74, 6) is 0.213. The maximum Gasteiger partial charge on any atom is 0.240 e. The van der Waals surface area contributed by atoms with E-state index >= 15 is 0 Å². The van der Waals surface area contributed by atoms with E-state index in [2.05, 4.69) is 13.2 Å². The van der Waals surface area contributed by atoms with E-state index in [1.165, 1.54) is 0 Å². The molecule has 0 radical (unpaired) electrons. The van der Waals surface area contributed by atoms with E-state index in [1.807, 2.05) is 0 Å². The van der Waals surface area contributed by atoms with Gasteiger partial charge in [-0.2, -0.15) is 0 Å². The molecule has 1 aliphatic rings. The van der Waals surface area contributed by atoms with Gasteiger partial charge in [-0.25, -0.2) is 0 Å². The summed E-state index contributed by atoms with van der Waals surface area (Å²) in [7, 11) is 0. The first kappa shape index (κ1) is 13.9. The standard InChI is InChI=1S/C13H22N2O2/c1-3-7-15(8-4-2)13(16)12(14)11-5-9-17-10-6-11/h3-4,11-12H,1-2,5-10,14H2. The number of amides is 1. The molecule has 17 heavy (non-hydrogen) atoms. The third kappa shape index (κ3) is 3.98. The highest BCUT2D eigenvalue weighted by atomic mass is 16.5. The zero-order valence-electron chi connectivity index (χ0n) is 10.3. The van der Waals surface area contributed by atoms with E-state index < -0.39 is 6.04 Å². The molecule has 1 rings (SSSR count). The Morgan fingerprint density at radius 2 is 1.88 bits per heavy atom. The number of ether oxygens (including phenoxy) is 1. The lowest BCUT2D eigenvalue weighted by Gasteiger charge is -2.30.